The molecule has 19 heavy (non-hydrogen) atoms. The summed E-state index contributed by atoms with van der Waals surface area (Å²) in [6.45, 7) is 7.63. The lowest BCUT2D eigenvalue weighted by Crippen LogP contribution is -2.39. The third-order valence-electron chi connectivity index (χ3n) is 4.31. The first-order valence-electron chi connectivity index (χ1n) is 7.98. The minimum atomic E-state index is 0.459. The summed E-state index contributed by atoms with van der Waals surface area (Å²) in [6.07, 6.45) is 10.2. The smallest absolute Gasteiger partial charge is 0.0640 e. The molecule has 0 aliphatic heterocycles. The van der Waals surface area contributed by atoms with Crippen molar-refractivity contribution in [3.8, 4) is 0 Å². The summed E-state index contributed by atoms with van der Waals surface area (Å²) in [5, 5.41) is 8.39. The Bertz CT molecular complexity index is 364. The molecule has 3 heteroatoms. The summed E-state index contributed by atoms with van der Waals surface area (Å²) in [6, 6.07) is 3.26. The molecule has 108 valence electrons. The van der Waals surface area contributed by atoms with Crippen LogP contribution in [0.5, 0.6) is 0 Å². The van der Waals surface area contributed by atoms with E-state index in [1.165, 1.54) is 37.8 Å². The molecule has 1 aromatic heterocycles. The van der Waals surface area contributed by atoms with Crippen molar-refractivity contribution in [3.63, 3.8) is 0 Å². The highest BCUT2D eigenvalue weighted by Gasteiger charge is 2.23. The second kappa shape index (κ2) is 7.09. The molecule has 0 saturated heterocycles. The fraction of sp³-hybridized carbons (Fsp3) is 0.812. The highest BCUT2D eigenvalue weighted by molar-refractivity contribution is 5.03. The van der Waals surface area contributed by atoms with E-state index in [-0.39, 0.29) is 0 Å². The van der Waals surface area contributed by atoms with Gasteiger partial charge >= 0.3 is 0 Å². The molecule has 0 amide bonds. The SMILES string of the molecule is CCNC(Cc1ccn(C(C)C)n1)C1CCCCC1. The van der Waals surface area contributed by atoms with E-state index in [2.05, 4.69) is 43.0 Å². The molecule has 0 spiro atoms. The van der Waals surface area contributed by atoms with Gasteiger partial charge < -0.3 is 5.32 Å². The topological polar surface area (TPSA) is 29.9 Å². The van der Waals surface area contributed by atoms with Gasteiger partial charge in [-0.3, -0.25) is 4.68 Å². The average Bonchev–Trinajstić information content (AvgIpc) is 2.88. The van der Waals surface area contributed by atoms with E-state index in [9.17, 15) is 0 Å². The molecule has 0 radical (unpaired) electrons. The van der Waals surface area contributed by atoms with Gasteiger partial charge in [0.1, 0.15) is 0 Å². The van der Waals surface area contributed by atoms with Crippen LogP contribution in [0, 0.1) is 5.92 Å². The summed E-state index contributed by atoms with van der Waals surface area (Å²) in [5.74, 6) is 0.845. The van der Waals surface area contributed by atoms with Gasteiger partial charge in [-0.05, 0) is 45.2 Å². The van der Waals surface area contributed by atoms with Crippen LogP contribution in [0.2, 0.25) is 0 Å². The van der Waals surface area contributed by atoms with Gasteiger partial charge in [-0.15, -0.1) is 0 Å². The van der Waals surface area contributed by atoms with Gasteiger partial charge in [-0.1, -0.05) is 26.2 Å². The van der Waals surface area contributed by atoms with E-state index in [1.54, 1.807) is 0 Å². The van der Waals surface area contributed by atoms with Crippen molar-refractivity contribution in [2.24, 2.45) is 5.92 Å². The lowest BCUT2D eigenvalue weighted by molar-refractivity contribution is 0.268. The Labute approximate surface area is 117 Å². The first-order chi connectivity index (χ1) is 9.20. The number of hydrogen-bond donors (Lipinski definition) is 1. The lowest BCUT2D eigenvalue weighted by atomic mass is 9.82. The molecule has 1 saturated carbocycles. The Morgan fingerprint density at radius 2 is 2.05 bits per heavy atom. The van der Waals surface area contributed by atoms with Crippen LogP contribution in [-0.2, 0) is 6.42 Å². The summed E-state index contributed by atoms with van der Waals surface area (Å²) in [7, 11) is 0. The molecule has 1 heterocycles. The molecule has 2 rings (SSSR count). The zero-order valence-corrected chi connectivity index (χ0v) is 12.7. The van der Waals surface area contributed by atoms with E-state index in [0.29, 0.717) is 12.1 Å². The molecule has 0 aromatic carbocycles. The van der Waals surface area contributed by atoms with Crippen LogP contribution in [0.4, 0.5) is 0 Å². The summed E-state index contributed by atoms with van der Waals surface area (Å²) < 4.78 is 2.07. The standard InChI is InChI=1S/C16H29N3/c1-4-17-16(14-8-6-5-7-9-14)12-15-10-11-19(18-15)13(2)3/h10-11,13-14,16-17H,4-9,12H2,1-3H3. The average molecular weight is 263 g/mol. The first kappa shape index (κ1) is 14.6. The van der Waals surface area contributed by atoms with Crippen molar-refractivity contribution in [2.45, 2.75) is 71.4 Å². The van der Waals surface area contributed by atoms with Gasteiger partial charge in [-0.25, -0.2) is 0 Å². The Morgan fingerprint density at radius 1 is 1.32 bits per heavy atom. The third kappa shape index (κ3) is 4.07. The van der Waals surface area contributed by atoms with E-state index < -0.39 is 0 Å². The molecular formula is C16H29N3. The highest BCUT2D eigenvalue weighted by Crippen LogP contribution is 2.27. The summed E-state index contributed by atoms with van der Waals surface area (Å²) in [5.41, 5.74) is 1.24. The van der Waals surface area contributed by atoms with E-state index in [1.807, 2.05) is 0 Å². The molecular weight excluding hydrogens is 234 g/mol. The van der Waals surface area contributed by atoms with Gasteiger partial charge in [0.15, 0.2) is 0 Å². The number of nitrogens with one attached hydrogen (secondary N) is 1. The van der Waals surface area contributed by atoms with Crippen LogP contribution in [0.25, 0.3) is 0 Å². The number of rotatable bonds is 6. The molecule has 1 N–H and O–H groups in total. The monoisotopic (exact) mass is 263 g/mol. The highest BCUT2D eigenvalue weighted by atomic mass is 15.3. The quantitative estimate of drug-likeness (QED) is 0.850. The maximum Gasteiger partial charge on any atom is 0.0640 e. The van der Waals surface area contributed by atoms with Gasteiger partial charge in [0.25, 0.3) is 0 Å². The number of likely N-dealkylation sites (N-methyl/N-ethyl adjacent to an activating group) is 1. The fourth-order valence-electron chi connectivity index (χ4n) is 3.20. The van der Waals surface area contributed by atoms with Gasteiger partial charge in [-0.2, -0.15) is 5.10 Å². The van der Waals surface area contributed by atoms with Crippen molar-refractivity contribution >= 4 is 0 Å². The molecule has 1 atom stereocenters. The zero-order chi connectivity index (χ0) is 13.7. The van der Waals surface area contributed by atoms with Crippen LogP contribution < -0.4 is 5.32 Å². The molecule has 1 aliphatic carbocycles. The van der Waals surface area contributed by atoms with Crippen molar-refractivity contribution in [3.05, 3.63) is 18.0 Å². The predicted molar refractivity (Wildman–Crippen MR) is 80.4 cm³/mol. The largest absolute Gasteiger partial charge is 0.314 e. The molecule has 0 bridgehead atoms. The lowest BCUT2D eigenvalue weighted by Gasteiger charge is -2.30. The Kier molecular flexibility index (Phi) is 5.44. The molecule has 1 aromatic rings. The van der Waals surface area contributed by atoms with Gasteiger partial charge in [0.05, 0.1) is 5.69 Å². The third-order valence-corrected chi connectivity index (χ3v) is 4.31. The van der Waals surface area contributed by atoms with E-state index >= 15 is 0 Å². The Morgan fingerprint density at radius 3 is 2.63 bits per heavy atom. The van der Waals surface area contributed by atoms with E-state index in [0.717, 1.165) is 18.9 Å². The Balaban J connectivity index is 1.98. The molecule has 1 unspecified atom stereocenters. The van der Waals surface area contributed by atoms with Crippen LogP contribution in [0.1, 0.15) is 64.6 Å². The molecule has 1 aliphatic rings. The number of aromatic nitrogens is 2. The second-order valence-corrected chi connectivity index (χ2v) is 6.15. The first-order valence-corrected chi connectivity index (χ1v) is 7.98. The van der Waals surface area contributed by atoms with Crippen molar-refractivity contribution in [1.82, 2.24) is 15.1 Å². The van der Waals surface area contributed by atoms with Crippen LogP contribution in [-0.4, -0.2) is 22.4 Å². The van der Waals surface area contributed by atoms with Gasteiger partial charge in [0.2, 0.25) is 0 Å². The van der Waals surface area contributed by atoms with Crippen LogP contribution in [0.15, 0.2) is 12.3 Å². The maximum absolute atomic E-state index is 4.70. The molecule has 1 fully saturated rings. The van der Waals surface area contributed by atoms with Gasteiger partial charge in [0, 0.05) is 24.7 Å². The molecule has 3 nitrogen and oxygen atoms in total. The van der Waals surface area contributed by atoms with Crippen molar-refractivity contribution < 1.29 is 0 Å². The predicted octanol–water partition coefficient (Wildman–Crippen LogP) is 3.56. The van der Waals surface area contributed by atoms with Crippen molar-refractivity contribution in [2.75, 3.05) is 6.54 Å². The summed E-state index contributed by atoms with van der Waals surface area (Å²) in [4.78, 5) is 0. The maximum atomic E-state index is 4.70. The minimum Gasteiger partial charge on any atom is -0.314 e. The minimum absolute atomic E-state index is 0.459. The summed E-state index contributed by atoms with van der Waals surface area (Å²) >= 11 is 0. The van der Waals surface area contributed by atoms with Crippen LogP contribution in [0.3, 0.4) is 0 Å². The van der Waals surface area contributed by atoms with E-state index in [4.69, 9.17) is 5.10 Å². The van der Waals surface area contributed by atoms with Crippen molar-refractivity contribution in [1.29, 1.82) is 0 Å². The number of hydrogen-bond acceptors (Lipinski definition) is 2. The Hall–Kier alpha value is -0.830. The zero-order valence-electron chi connectivity index (χ0n) is 12.7. The number of nitrogens with zero attached hydrogens (tertiary/aromatic N) is 2. The fourth-order valence-corrected chi connectivity index (χ4v) is 3.20. The van der Waals surface area contributed by atoms with Crippen LogP contribution >= 0.6 is 0 Å². The second-order valence-electron chi connectivity index (χ2n) is 6.15. The normalized spacial score (nSPS) is 18.9.